The molecule has 0 aliphatic carbocycles. The van der Waals surface area contributed by atoms with Crippen molar-refractivity contribution in [2.24, 2.45) is 0 Å². The number of rotatable bonds is 4. The van der Waals surface area contributed by atoms with Crippen molar-refractivity contribution in [3.8, 4) is 0 Å². The lowest BCUT2D eigenvalue weighted by Gasteiger charge is -2.08. The molecule has 2 N–H and O–H groups in total. The summed E-state index contributed by atoms with van der Waals surface area (Å²) < 4.78 is 0. The van der Waals surface area contributed by atoms with Gasteiger partial charge in [0.25, 0.3) is 0 Å². The van der Waals surface area contributed by atoms with Gasteiger partial charge in [0, 0.05) is 17.3 Å². The topological polar surface area (TPSA) is 54.0 Å². The number of thiazole rings is 1. The Balaban J connectivity index is 1.86. The highest BCUT2D eigenvalue weighted by Gasteiger charge is 2.04. The Morgan fingerprint density at radius 1 is 1.41 bits per heavy atom. The summed E-state index contributed by atoms with van der Waals surface area (Å²) in [5.41, 5.74) is 2.09. The zero-order valence-corrected chi connectivity index (χ0v) is 10.3. The number of hydrogen-bond donors (Lipinski definition) is 2. The van der Waals surface area contributed by atoms with E-state index in [1.807, 2.05) is 36.6 Å². The molecule has 0 aliphatic heterocycles. The summed E-state index contributed by atoms with van der Waals surface area (Å²) in [6.45, 7) is 2.24. The molecule has 1 heterocycles. The third kappa shape index (κ3) is 3.29. The van der Waals surface area contributed by atoms with Crippen molar-refractivity contribution < 1.29 is 4.79 Å². The van der Waals surface area contributed by atoms with Crippen molar-refractivity contribution in [1.29, 1.82) is 0 Å². The molecule has 2 aromatic rings. The molecule has 0 unspecified atom stereocenters. The molecule has 0 aliphatic rings. The molecule has 5 heteroatoms. The zero-order valence-electron chi connectivity index (χ0n) is 9.43. The van der Waals surface area contributed by atoms with Gasteiger partial charge in [-0.1, -0.05) is 18.2 Å². The lowest BCUT2D eigenvalue weighted by molar-refractivity contribution is -0.114. The molecule has 4 nitrogen and oxygen atoms in total. The molecular formula is C12H13N3OS. The van der Waals surface area contributed by atoms with Crippen molar-refractivity contribution in [1.82, 2.24) is 4.98 Å². The van der Waals surface area contributed by atoms with Gasteiger partial charge in [-0.2, -0.15) is 0 Å². The second-order valence-electron chi connectivity index (χ2n) is 3.55. The van der Waals surface area contributed by atoms with Crippen LogP contribution in [0.15, 0.2) is 35.8 Å². The van der Waals surface area contributed by atoms with Gasteiger partial charge in [-0.05, 0) is 18.6 Å². The fourth-order valence-electron chi connectivity index (χ4n) is 1.40. The number of carbonyl (C=O) groups is 1. The minimum atomic E-state index is -0.0943. The number of benzene rings is 1. The Morgan fingerprint density at radius 3 is 2.94 bits per heavy atom. The van der Waals surface area contributed by atoms with Gasteiger partial charge in [-0.3, -0.25) is 4.79 Å². The molecule has 0 saturated carbocycles. The summed E-state index contributed by atoms with van der Waals surface area (Å²) in [7, 11) is 0. The number of nitrogens with zero attached hydrogens (tertiary/aromatic N) is 1. The fourth-order valence-corrected chi connectivity index (χ4v) is 1.94. The number of nitrogens with one attached hydrogen (secondary N) is 2. The van der Waals surface area contributed by atoms with Crippen molar-refractivity contribution in [2.75, 3.05) is 17.2 Å². The van der Waals surface area contributed by atoms with E-state index in [0.717, 1.165) is 11.3 Å². The molecule has 0 saturated heterocycles. The first kappa shape index (κ1) is 11.6. The molecule has 1 amide bonds. The van der Waals surface area contributed by atoms with Crippen molar-refractivity contribution in [3.63, 3.8) is 0 Å². The number of para-hydroxylation sites is 1. The molecule has 17 heavy (non-hydrogen) atoms. The van der Waals surface area contributed by atoms with Gasteiger partial charge in [0.15, 0.2) is 5.13 Å². The first-order chi connectivity index (χ1) is 8.25. The van der Waals surface area contributed by atoms with Crippen molar-refractivity contribution in [2.45, 2.75) is 6.92 Å². The molecule has 2 rings (SSSR count). The number of anilines is 2. The maximum Gasteiger partial charge on any atom is 0.245 e. The monoisotopic (exact) mass is 247 g/mol. The van der Waals surface area contributed by atoms with Gasteiger partial charge >= 0.3 is 0 Å². The maximum atomic E-state index is 11.6. The molecule has 0 spiro atoms. The molecular weight excluding hydrogens is 234 g/mol. The Morgan fingerprint density at radius 2 is 2.24 bits per heavy atom. The van der Waals surface area contributed by atoms with Gasteiger partial charge in [0.1, 0.15) is 0 Å². The van der Waals surface area contributed by atoms with Crippen LogP contribution in [0.1, 0.15) is 5.56 Å². The van der Waals surface area contributed by atoms with Crippen LogP contribution in [0.5, 0.6) is 0 Å². The lowest BCUT2D eigenvalue weighted by atomic mass is 10.2. The van der Waals surface area contributed by atoms with Crippen molar-refractivity contribution >= 4 is 28.1 Å². The van der Waals surface area contributed by atoms with Crippen LogP contribution in [0.3, 0.4) is 0 Å². The largest absolute Gasteiger partial charge is 0.376 e. The molecule has 88 valence electrons. The zero-order chi connectivity index (χ0) is 12.1. The molecule has 0 fully saturated rings. The second kappa shape index (κ2) is 5.45. The highest BCUT2D eigenvalue weighted by atomic mass is 32.1. The maximum absolute atomic E-state index is 11.6. The average Bonchev–Trinajstić information content (AvgIpc) is 2.81. The predicted molar refractivity (Wildman–Crippen MR) is 70.4 cm³/mol. The highest BCUT2D eigenvalue weighted by molar-refractivity contribution is 7.13. The molecule has 0 bridgehead atoms. The van der Waals surface area contributed by atoms with E-state index < -0.39 is 0 Å². The van der Waals surface area contributed by atoms with Crippen LogP contribution in [0, 0.1) is 6.92 Å². The third-order valence-electron chi connectivity index (χ3n) is 2.26. The lowest BCUT2D eigenvalue weighted by Crippen LogP contribution is -2.21. The highest BCUT2D eigenvalue weighted by Crippen LogP contribution is 2.13. The standard InChI is InChI=1S/C12H13N3OS/c1-9-4-2-3-5-10(9)14-8-11(16)15-12-13-6-7-17-12/h2-7,14H,8H2,1H3,(H,13,15,16). The number of amides is 1. The van der Waals surface area contributed by atoms with Gasteiger partial charge in [-0.15, -0.1) is 11.3 Å². The number of aromatic nitrogens is 1. The molecule has 1 aromatic carbocycles. The molecule has 0 radical (unpaired) electrons. The van der Waals surface area contributed by atoms with Gasteiger partial charge < -0.3 is 10.6 Å². The Hall–Kier alpha value is -1.88. The van der Waals surface area contributed by atoms with Crippen LogP contribution in [0.2, 0.25) is 0 Å². The smallest absolute Gasteiger partial charge is 0.245 e. The fraction of sp³-hybridized carbons (Fsp3) is 0.167. The summed E-state index contributed by atoms with van der Waals surface area (Å²) in [6, 6.07) is 7.86. The normalized spacial score (nSPS) is 9.94. The van der Waals surface area contributed by atoms with E-state index in [4.69, 9.17) is 0 Å². The summed E-state index contributed by atoms with van der Waals surface area (Å²) in [5, 5.41) is 8.26. The van der Waals surface area contributed by atoms with E-state index in [0.29, 0.717) is 5.13 Å². The summed E-state index contributed by atoms with van der Waals surface area (Å²) in [4.78, 5) is 15.6. The Kier molecular flexibility index (Phi) is 3.72. The Labute approximate surface area is 104 Å². The number of aryl methyl sites for hydroxylation is 1. The quantitative estimate of drug-likeness (QED) is 0.872. The minimum absolute atomic E-state index is 0.0943. The molecule has 0 atom stereocenters. The van der Waals surface area contributed by atoms with Crippen LogP contribution >= 0.6 is 11.3 Å². The summed E-state index contributed by atoms with van der Waals surface area (Å²) >= 11 is 1.41. The third-order valence-corrected chi connectivity index (χ3v) is 2.95. The van der Waals surface area contributed by atoms with E-state index >= 15 is 0 Å². The van der Waals surface area contributed by atoms with Crippen LogP contribution in [0.25, 0.3) is 0 Å². The van der Waals surface area contributed by atoms with E-state index in [1.54, 1.807) is 6.20 Å². The Bertz CT molecular complexity index is 496. The number of carbonyl (C=O) groups excluding carboxylic acids is 1. The minimum Gasteiger partial charge on any atom is -0.376 e. The van der Waals surface area contributed by atoms with Crippen LogP contribution in [-0.4, -0.2) is 17.4 Å². The summed E-state index contributed by atoms with van der Waals surface area (Å²) in [5.74, 6) is -0.0943. The van der Waals surface area contributed by atoms with Crippen LogP contribution in [-0.2, 0) is 4.79 Å². The molecule has 1 aromatic heterocycles. The SMILES string of the molecule is Cc1ccccc1NCC(=O)Nc1nccs1. The second-order valence-corrected chi connectivity index (χ2v) is 4.45. The predicted octanol–water partition coefficient (Wildman–Crippen LogP) is 2.50. The number of hydrogen-bond acceptors (Lipinski definition) is 4. The van der Waals surface area contributed by atoms with E-state index in [2.05, 4.69) is 15.6 Å². The van der Waals surface area contributed by atoms with E-state index in [9.17, 15) is 4.79 Å². The van der Waals surface area contributed by atoms with Gasteiger partial charge in [0.2, 0.25) is 5.91 Å². The first-order valence-corrected chi connectivity index (χ1v) is 6.12. The van der Waals surface area contributed by atoms with Gasteiger partial charge in [-0.25, -0.2) is 4.98 Å². The van der Waals surface area contributed by atoms with Crippen molar-refractivity contribution in [3.05, 3.63) is 41.4 Å². The first-order valence-electron chi connectivity index (χ1n) is 5.24. The van der Waals surface area contributed by atoms with Crippen LogP contribution in [0.4, 0.5) is 10.8 Å². The van der Waals surface area contributed by atoms with E-state index in [1.165, 1.54) is 11.3 Å². The average molecular weight is 247 g/mol. The summed E-state index contributed by atoms with van der Waals surface area (Å²) in [6.07, 6.45) is 1.66. The van der Waals surface area contributed by atoms with Gasteiger partial charge in [0.05, 0.1) is 6.54 Å². The van der Waals surface area contributed by atoms with E-state index in [-0.39, 0.29) is 12.5 Å². The van der Waals surface area contributed by atoms with Crippen LogP contribution < -0.4 is 10.6 Å².